The third-order valence-electron chi connectivity index (χ3n) is 6.23. The van der Waals surface area contributed by atoms with Gasteiger partial charge in [-0.05, 0) is 36.4 Å². The number of Topliss-reactive ketones (excluding diaryl/α,β-unsaturated/α-hetero) is 1. The summed E-state index contributed by atoms with van der Waals surface area (Å²) in [5.74, 6) is -2.12. The maximum absolute atomic E-state index is 14.8. The van der Waals surface area contributed by atoms with Gasteiger partial charge in [0.2, 0.25) is 0 Å². The molecule has 0 bridgehead atoms. The van der Waals surface area contributed by atoms with E-state index in [4.69, 9.17) is 0 Å². The van der Waals surface area contributed by atoms with Gasteiger partial charge in [-0.15, -0.1) is 0 Å². The largest absolute Gasteiger partial charge is 0.341 e. The van der Waals surface area contributed by atoms with Crippen molar-refractivity contribution in [2.24, 2.45) is 0 Å². The van der Waals surface area contributed by atoms with Gasteiger partial charge in [0.1, 0.15) is 5.82 Å². The summed E-state index contributed by atoms with van der Waals surface area (Å²) in [4.78, 5) is 46.4. The van der Waals surface area contributed by atoms with Crippen LogP contribution in [0.15, 0.2) is 79.1 Å². The number of aromatic nitrogens is 2. The minimum atomic E-state index is -0.761. The maximum Gasteiger partial charge on any atom is 0.295 e. The molecule has 0 atom stereocenters. The predicted octanol–water partition coefficient (Wildman–Crippen LogP) is 3.39. The van der Waals surface area contributed by atoms with Crippen molar-refractivity contribution in [1.82, 2.24) is 19.4 Å². The van der Waals surface area contributed by atoms with Crippen LogP contribution in [0.25, 0.3) is 10.9 Å². The van der Waals surface area contributed by atoms with Crippen LogP contribution in [0.2, 0.25) is 0 Å². The molecule has 1 aliphatic heterocycles. The average molecular weight is 471 g/mol. The summed E-state index contributed by atoms with van der Waals surface area (Å²) in [6.45, 7) is 1.45. The Labute approximate surface area is 201 Å². The highest BCUT2D eigenvalue weighted by Gasteiger charge is 2.31. The second-order valence-electron chi connectivity index (χ2n) is 8.41. The van der Waals surface area contributed by atoms with Gasteiger partial charge in [-0.1, -0.05) is 30.3 Å². The number of benzene rings is 2. The number of halogens is 1. The lowest BCUT2D eigenvalue weighted by atomic mass is 10.1. The van der Waals surface area contributed by atoms with E-state index in [9.17, 15) is 18.8 Å². The number of piperazine rings is 1. The number of ketones is 1. The van der Waals surface area contributed by atoms with Crippen molar-refractivity contribution in [1.29, 1.82) is 0 Å². The molecule has 4 aromatic rings. The fraction of sp³-hybridized carbons (Fsp3) is 0.185. The standard InChI is InChI=1S/C27H23FN4O3/c28-22-10-6-11-23-24(22)21(18-32(23)17-20-9-4-5-12-29-20)25(33)27(35)31-15-13-30(14-16-31)26(34)19-7-2-1-3-8-19/h1-12,18H,13-17H2. The Morgan fingerprint density at radius 2 is 1.54 bits per heavy atom. The molecule has 0 aliphatic carbocycles. The van der Waals surface area contributed by atoms with Crippen LogP contribution in [0.1, 0.15) is 26.4 Å². The van der Waals surface area contributed by atoms with Gasteiger partial charge in [0.25, 0.3) is 17.6 Å². The van der Waals surface area contributed by atoms with Crippen LogP contribution >= 0.6 is 0 Å². The molecule has 5 rings (SSSR count). The lowest BCUT2D eigenvalue weighted by Crippen LogP contribution is -2.52. The summed E-state index contributed by atoms with van der Waals surface area (Å²) in [6, 6.07) is 19.0. The van der Waals surface area contributed by atoms with Gasteiger partial charge in [-0.2, -0.15) is 0 Å². The highest BCUT2D eigenvalue weighted by Crippen LogP contribution is 2.26. The van der Waals surface area contributed by atoms with E-state index in [0.717, 1.165) is 5.69 Å². The molecule has 0 N–H and O–H groups in total. The first-order chi connectivity index (χ1) is 17.0. The first kappa shape index (κ1) is 22.5. The first-order valence-corrected chi connectivity index (χ1v) is 11.4. The number of carbonyl (C=O) groups is 3. The molecule has 1 fully saturated rings. The number of carbonyl (C=O) groups excluding carboxylic acids is 3. The Bertz CT molecular complexity index is 1390. The fourth-order valence-electron chi connectivity index (χ4n) is 4.41. The van der Waals surface area contributed by atoms with Crippen LogP contribution in [0.5, 0.6) is 0 Å². The molecule has 176 valence electrons. The molecular formula is C27H23FN4O3. The number of rotatable bonds is 5. The highest BCUT2D eigenvalue weighted by atomic mass is 19.1. The zero-order valence-corrected chi connectivity index (χ0v) is 18.9. The minimum Gasteiger partial charge on any atom is -0.341 e. The van der Waals surface area contributed by atoms with E-state index in [1.54, 1.807) is 58.1 Å². The molecule has 1 aliphatic rings. The van der Waals surface area contributed by atoms with Crippen LogP contribution in [0, 0.1) is 5.82 Å². The van der Waals surface area contributed by atoms with Crippen molar-refractivity contribution in [3.05, 3.63) is 102 Å². The molecule has 8 heteroatoms. The van der Waals surface area contributed by atoms with Gasteiger partial charge < -0.3 is 14.4 Å². The van der Waals surface area contributed by atoms with Gasteiger partial charge >= 0.3 is 0 Å². The van der Waals surface area contributed by atoms with Crippen LogP contribution in [-0.4, -0.2) is 63.1 Å². The van der Waals surface area contributed by atoms with Crippen LogP contribution in [0.4, 0.5) is 4.39 Å². The van der Waals surface area contributed by atoms with Gasteiger partial charge in [0.05, 0.1) is 23.3 Å². The highest BCUT2D eigenvalue weighted by molar-refractivity contribution is 6.45. The second-order valence-corrected chi connectivity index (χ2v) is 8.41. The Kier molecular flexibility index (Phi) is 6.10. The molecule has 0 radical (unpaired) electrons. The molecule has 2 aromatic heterocycles. The van der Waals surface area contributed by atoms with Crippen molar-refractivity contribution in [3.8, 4) is 0 Å². The van der Waals surface area contributed by atoms with Crippen molar-refractivity contribution in [3.63, 3.8) is 0 Å². The van der Waals surface area contributed by atoms with E-state index in [-0.39, 0.29) is 29.9 Å². The second kappa shape index (κ2) is 9.50. The molecule has 0 saturated carbocycles. The Hall–Kier alpha value is -4.33. The molecule has 1 saturated heterocycles. The van der Waals surface area contributed by atoms with Gasteiger partial charge in [-0.25, -0.2) is 4.39 Å². The molecular weight excluding hydrogens is 447 g/mol. The fourth-order valence-corrected chi connectivity index (χ4v) is 4.41. The summed E-state index contributed by atoms with van der Waals surface area (Å²) in [7, 11) is 0. The van der Waals surface area contributed by atoms with Gasteiger partial charge in [0.15, 0.2) is 0 Å². The Morgan fingerprint density at radius 3 is 2.26 bits per heavy atom. The number of hydrogen-bond donors (Lipinski definition) is 0. The van der Waals surface area contributed by atoms with E-state index < -0.39 is 17.5 Å². The number of nitrogens with zero attached hydrogens (tertiary/aromatic N) is 4. The zero-order valence-electron chi connectivity index (χ0n) is 18.9. The van der Waals surface area contributed by atoms with Gasteiger partial charge in [-0.3, -0.25) is 19.4 Å². The first-order valence-electron chi connectivity index (χ1n) is 11.4. The average Bonchev–Trinajstić information content (AvgIpc) is 3.28. The molecule has 2 amide bonds. The van der Waals surface area contributed by atoms with Crippen LogP contribution in [0.3, 0.4) is 0 Å². The van der Waals surface area contributed by atoms with E-state index in [1.807, 2.05) is 18.2 Å². The number of hydrogen-bond acceptors (Lipinski definition) is 4. The molecule has 0 unspecified atom stereocenters. The lowest BCUT2D eigenvalue weighted by molar-refractivity contribution is -0.127. The van der Waals surface area contributed by atoms with Crippen molar-refractivity contribution >= 4 is 28.5 Å². The zero-order chi connectivity index (χ0) is 24.4. The normalized spacial score (nSPS) is 13.7. The topological polar surface area (TPSA) is 75.5 Å². The quantitative estimate of drug-likeness (QED) is 0.331. The van der Waals surface area contributed by atoms with E-state index >= 15 is 0 Å². The molecule has 3 heterocycles. The summed E-state index contributed by atoms with van der Waals surface area (Å²) in [5.41, 5.74) is 1.88. The predicted molar refractivity (Wildman–Crippen MR) is 128 cm³/mol. The molecule has 2 aromatic carbocycles. The number of fused-ring (bicyclic) bond motifs is 1. The molecule has 0 spiro atoms. The Balaban J connectivity index is 1.35. The summed E-state index contributed by atoms with van der Waals surface area (Å²) < 4.78 is 16.5. The minimum absolute atomic E-state index is 0.0295. The lowest BCUT2D eigenvalue weighted by Gasteiger charge is -2.34. The third-order valence-corrected chi connectivity index (χ3v) is 6.23. The van der Waals surface area contributed by atoms with Crippen molar-refractivity contribution < 1.29 is 18.8 Å². The van der Waals surface area contributed by atoms with Crippen molar-refractivity contribution in [2.75, 3.05) is 26.2 Å². The molecule has 35 heavy (non-hydrogen) atoms. The van der Waals surface area contributed by atoms with Crippen LogP contribution in [-0.2, 0) is 11.3 Å². The molecule has 7 nitrogen and oxygen atoms in total. The van der Waals surface area contributed by atoms with E-state index in [2.05, 4.69) is 4.98 Å². The smallest absolute Gasteiger partial charge is 0.295 e. The number of pyridine rings is 1. The van der Waals surface area contributed by atoms with Crippen LogP contribution < -0.4 is 0 Å². The maximum atomic E-state index is 14.8. The summed E-state index contributed by atoms with van der Waals surface area (Å²) in [6.07, 6.45) is 3.19. The van der Waals surface area contributed by atoms with Crippen molar-refractivity contribution in [2.45, 2.75) is 6.54 Å². The van der Waals surface area contributed by atoms with E-state index in [0.29, 0.717) is 30.7 Å². The summed E-state index contributed by atoms with van der Waals surface area (Å²) in [5, 5.41) is 0.125. The van der Waals surface area contributed by atoms with E-state index in [1.165, 1.54) is 17.2 Å². The third kappa shape index (κ3) is 4.42. The monoisotopic (exact) mass is 470 g/mol. The van der Waals surface area contributed by atoms with Gasteiger partial charge in [0, 0.05) is 49.5 Å². The number of amides is 2. The summed E-state index contributed by atoms with van der Waals surface area (Å²) >= 11 is 0. The SMILES string of the molecule is O=C(C(=O)N1CCN(C(=O)c2ccccc2)CC1)c1cn(Cc2ccccn2)c2cccc(F)c12. The Morgan fingerprint density at radius 1 is 0.829 bits per heavy atom.